The molecule has 0 saturated heterocycles. The van der Waals surface area contributed by atoms with Crippen LogP contribution >= 0.6 is 11.6 Å². The number of benzene rings is 3. The maximum absolute atomic E-state index is 12.6. The largest absolute Gasteiger partial charge is 0.481 e. The third-order valence-corrected chi connectivity index (χ3v) is 6.02. The number of halogens is 1. The zero-order chi connectivity index (χ0) is 22.7. The SMILES string of the molecule is O=C(c1ccc(-c2ccc(NC(O)Nc3ccc(Cl)cc3)cc2)cc1)C1CC[C@H]1C(=O)O. The number of hydrogen-bond acceptors (Lipinski definition) is 5. The fourth-order valence-corrected chi connectivity index (χ4v) is 3.93. The van der Waals surface area contributed by atoms with Gasteiger partial charge in [0, 0.05) is 27.9 Å². The van der Waals surface area contributed by atoms with Crippen LogP contribution in [0.3, 0.4) is 0 Å². The second-order valence-electron chi connectivity index (χ2n) is 7.85. The monoisotopic (exact) mass is 450 g/mol. The number of rotatable bonds is 8. The van der Waals surface area contributed by atoms with E-state index in [9.17, 15) is 19.8 Å². The van der Waals surface area contributed by atoms with Crippen LogP contribution in [0.1, 0.15) is 23.2 Å². The van der Waals surface area contributed by atoms with Crippen molar-refractivity contribution >= 4 is 34.7 Å². The predicted octanol–water partition coefficient (Wildman–Crippen LogP) is 5.10. The molecule has 4 rings (SSSR count). The Morgan fingerprint density at radius 1 is 0.781 bits per heavy atom. The van der Waals surface area contributed by atoms with Crippen LogP contribution in [0.4, 0.5) is 11.4 Å². The van der Waals surface area contributed by atoms with Crippen molar-refractivity contribution in [3.8, 4) is 11.1 Å². The minimum Gasteiger partial charge on any atom is -0.481 e. The molecule has 0 radical (unpaired) electrons. The van der Waals surface area contributed by atoms with E-state index in [-0.39, 0.29) is 5.78 Å². The molecule has 164 valence electrons. The molecule has 1 saturated carbocycles. The first-order valence-electron chi connectivity index (χ1n) is 10.3. The number of nitrogens with one attached hydrogen (secondary N) is 2. The smallest absolute Gasteiger partial charge is 0.307 e. The molecule has 0 heterocycles. The zero-order valence-corrected chi connectivity index (χ0v) is 17.9. The normalized spacial score (nSPS) is 18.3. The number of ketones is 1. The van der Waals surface area contributed by atoms with Gasteiger partial charge in [0.15, 0.2) is 5.78 Å². The van der Waals surface area contributed by atoms with Gasteiger partial charge in [-0.3, -0.25) is 9.59 Å². The lowest BCUT2D eigenvalue weighted by molar-refractivity contribution is -0.146. The summed E-state index contributed by atoms with van der Waals surface area (Å²) >= 11 is 5.86. The van der Waals surface area contributed by atoms with Crippen molar-refractivity contribution in [1.82, 2.24) is 0 Å². The number of aliphatic carboxylic acids is 1. The number of aliphatic hydroxyl groups is 1. The molecule has 0 bridgehead atoms. The van der Waals surface area contributed by atoms with Crippen molar-refractivity contribution in [3.63, 3.8) is 0 Å². The number of carbonyl (C=O) groups excluding carboxylic acids is 1. The van der Waals surface area contributed by atoms with Gasteiger partial charge in [0.05, 0.1) is 5.92 Å². The molecule has 0 spiro atoms. The van der Waals surface area contributed by atoms with Gasteiger partial charge in [0.1, 0.15) is 0 Å². The quantitative estimate of drug-likeness (QED) is 0.281. The topological polar surface area (TPSA) is 98.7 Å². The summed E-state index contributed by atoms with van der Waals surface area (Å²) in [6.07, 6.45) is 0.215. The molecule has 6 nitrogen and oxygen atoms in total. The van der Waals surface area contributed by atoms with Crippen LogP contribution in [0.5, 0.6) is 0 Å². The Bertz CT molecular complexity index is 1100. The lowest BCUT2D eigenvalue weighted by Crippen LogP contribution is -2.38. The third-order valence-electron chi connectivity index (χ3n) is 5.77. The van der Waals surface area contributed by atoms with Crippen LogP contribution < -0.4 is 10.6 Å². The van der Waals surface area contributed by atoms with Gasteiger partial charge in [-0.25, -0.2) is 0 Å². The molecule has 0 aromatic heterocycles. The van der Waals surface area contributed by atoms with Gasteiger partial charge in [-0.2, -0.15) is 0 Å². The van der Waals surface area contributed by atoms with E-state index in [4.69, 9.17) is 11.6 Å². The van der Waals surface area contributed by atoms with Crippen molar-refractivity contribution in [2.45, 2.75) is 19.2 Å². The van der Waals surface area contributed by atoms with Gasteiger partial charge in [-0.05, 0) is 60.4 Å². The number of carboxylic acids is 1. The van der Waals surface area contributed by atoms with E-state index in [0.717, 1.165) is 22.5 Å². The molecular weight excluding hydrogens is 428 g/mol. The Morgan fingerprint density at radius 3 is 1.72 bits per heavy atom. The number of carboxylic acid groups (broad SMARTS) is 1. The molecule has 32 heavy (non-hydrogen) atoms. The molecule has 0 amide bonds. The minimum atomic E-state index is -0.978. The number of aliphatic hydroxyl groups excluding tert-OH is 1. The number of carbonyl (C=O) groups is 2. The summed E-state index contributed by atoms with van der Waals surface area (Å²) in [5.74, 6) is -1.98. The molecule has 1 aliphatic carbocycles. The van der Waals surface area contributed by atoms with E-state index in [1.54, 1.807) is 36.4 Å². The Kier molecular flexibility index (Phi) is 6.44. The Hall–Kier alpha value is -3.35. The van der Waals surface area contributed by atoms with E-state index >= 15 is 0 Å². The Balaban J connectivity index is 1.37. The number of hydrogen-bond donors (Lipinski definition) is 4. The van der Waals surface area contributed by atoms with Gasteiger partial charge in [0.2, 0.25) is 6.35 Å². The van der Waals surface area contributed by atoms with Crippen molar-refractivity contribution < 1.29 is 19.8 Å². The van der Waals surface area contributed by atoms with Crippen molar-refractivity contribution in [2.24, 2.45) is 11.8 Å². The van der Waals surface area contributed by atoms with E-state index < -0.39 is 24.2 Å². The fourth-order valence-electron chi connectivity index (χ4n) is 3.81. The van der Waals surface area contributed by atoms with E-state index in [2.05, 4.69) is 10.6 Å². The van der Waals surface area contributed by atoms with Gasteiger partial charge in [-0.15, -0.1) is 0 Å². The lowest BCUT2D eigenvalue weighted by Gasteiger charge is -2.32. The van der Waals surface area contributed by atoms with Gasteiger partial charge >= 0.3 is 5.97 Å². The standard InChI is InChI=1S/C25H23ClN2O4/c26-18-7-11-20(12-8-18)28-25(32)27-19-9-5-16(6-10-19)15-1-3-17(4-2-15)23(29)21-13-14-22(21)24(30)31/h1-12,21-22,25,27-28,32H,13-14H2,(H,30,31)/t21?,22-,25?/m1/s1. The summed E-state index contributed by atoms with van der Waals surface area (Å²) in [7, 11) is 0. The first-order chi connectivity index (χ1) is 15.4. The van der Waals surface area contributed by atoms with Crippen molar-refractivity contribution in [2.75, 3.05) is 10.6 Å². The van der Waals surface area contributed by atoms with Gasteiger partial charge in [-0.1, -0.05) is 48.0 Å². The highest BCUT2D eigenvalue weighted by atomic mass is 35.5. The van der Waals surface area contributed by atoms with Crippen molar-refractivity contribution in [1.29, 1.82) is 0 Å². The summed E-state index contributed by atoms with van der Waals surface area (Å²) in [5.41, 5.74) is 3.91. The highest BCUT2D eigenvalue weighted by Crippen LogP contribution is 2.37. The third kappa shape index (κ3) is 4.93. The second-order valence-corrected chi connectivity index (χ2v) is 8.28. The maximum atomic E-state index is 12.6. The Morgan fingerprint density at radius 2 is 1.25 bits per heavy atom. The molecule has 3 atom stereocenters. The predicted molar refractivity (Wildman–Crippen MR) is 125 cm³/mol. The molecule has 0 aliphatic heterocycles. The molecule has 1 fully saturated rings. The van der Waals surface area contributed by atoms with E-state index in [1.807, 2.05) is 36.4 Å². The van der Waals surface area contributed by atoms with Crippen molar-refractivity contribution in [3.05, 3.63) is 83.4 Å². The molecular formula is C25H23ClN2O4. The molecule has 2 unspecified atom stereocenters. The molecule has 3 aromatic carbocycles. The second kappa shape index (κ2) is 9.42. The summed E-state index contributed by atoms with van der Waals surface area (Å²) in [5, 5.41) is 25.9. The first kappa shape index (κ1) is 21.9. The minimum absolute atomic E-state index is 0.100. The average molecular weight is 451 g/mol. The number of Topliss-reactive ketones (excluding diaryl/α,β-unsaturated/α-hetero) is 1. The summed E-state index contributed by atoms with van der Waals surface area (Å²) in [6.45, 7) is 0. The van der Waals surface area contributed by atoms with Crippen LogP contribution in [0.2, 0.25) is 5.02 Å². The molecule has 7 heteroatoms. The summed E-state index contributed by atoms with van der Waals surface area (Å²) < 4.78 is 0. The highest BCUT2D eigenvalue weighted by molar-refractivity contribution is 6.30. The van der Waals surface area contributed by atoms with E-state index in [1.165, 1.54) is 0 Å². The van der Waals surface area contributed by atoms with Crippen LogP contribution in [0.15, 0.2) is 72.8 Å². The van der Waals surface area contributed by atoms with Gasteiger partial charge in [0.25, 0.3) is 0 Å². The first-order valence-corrected chi connectivity index (χ1v) is 10.7. The van der Waals surface area contributed by atoms with Gasteiger partial charge < -0.3 is 20.8 Å². The maximum Gasteiger partial charge on any atom is 0.307 e. The van der Waals surface area contributed by atoms with E-state index in [0.29, 0.717) is 23.4 Å². The zero-order valence-electron chi connectivity index (χ0n) is 17.2. The van der Waals surface area contributed by atoms with Crippen LogP contribution in [0.25, 0.3) is 11.1 Å². The molecule has 4 N–H and O–H groups in total. The molecule has 3 aromatic rings. The summed E-state index contributed by atoms with van der Waals surface area (Å²) in [4.78, 5) is 23.8. The van der Waals surface area contributed by atoms with Crippen LogP contribution in [-0.4, -0.2) is 28.3 Å². The average Bonchev–Trinajstić information content (AvgIpc) is 2.75. The van der Waals surface area contributed by atoms with Crippen LogP contribution in [0, 0.1) is 11.8 Å². The Labute approximate surface area is 190 Å². The molecule has 1 aliphatic rings. The summed E-state index contributed by atoms with van der Waals surface area (Å²) in [6, 6.07) is 21.8. The highest BCUT2D eigenvalue weighted by Gasteiger charge is 2.41. The van der Waals surface area contributed by atoms with Crippen LogP contribution in [-0.2, 0) is 4.79 Å². The lowest BCUT2D eigenvalue weighted by atomic mass is 9.70. The fraction of sp³-hybridized carbons (Fsp3) is 0.200. The number of anilines is 2.